The minimum absolute atomic E-state index is 0.129. The van der Waals surface area contributed by atoms with Crippen LogP contribution in [0.3, 0.4) is 0 Å². The Morgan fingerprint density at radius 3 is 2.39 bits per heavy atom. The van der Waals surface area contributed by atoms with Gasteiger partial charge in [0.05, 0.1) is 16.8 Å². The van der Waals surface area contributed by atoms with Crippen molar-refractivity contribution in [1.29, 1.82) is 0 Å². The van der Waals surface area contributed by atoms with E-state index in [1.807, 2.05) is 0 Å². The maximum atomic E-state index is 12.8. The summed E-state index contributed by atoms with van der Waals surface area (Å²) in [5.41, 5.74) is 0.588. The molecule has 2 N–H and O–H groups in total. The van der Waals surface area contributed by atoms with E-state index in [2.05, 4.69) is 11.9 Å². The smallest absolute Gasteiger partial charge is 0.255 e. The van der Waals surface area contributed by atoms with Crippen LogP contribution in [0.15, 0.2) is 84.3 Å². The van der Waals surface area contributed by atoms with Crippen molar-refractivity contribution in [1.82, 2.24) is 9.88 Å². The molecule has 0 aliphatic rings. The summed E-state index contributed by atoms with van der Waals surface area (Å²) in [6.07, 6.45) is 2.93. The highest BCUT2D eigenvalue weighted by molar-refractivity contribution is 6.10. The molecule has 1 heterocycles. The fourth-order valence-corrected chi connectivity index (χ4v) is 2.77. The number of carbonyl (C=O) groups excluding carboxylic acids is 2. The summed E-state index contributed by atoms with van der Waals surface area (Å²) in [7, 11) is 0. The van der Waals surface area contributed by atoms with Crippen molar-refractivity contribution < 1.29 is 14.7 Å². The van der Waals surface area contributed by atoms with Crippen molar-refractivity contribution in [3.8, 4) is 11.4 Å². The summed E-state index contributed by atoms with van der Waals surface area (Å²) in [4.78, 5) is 37.6. The first-order chi connectivity index (χ1) is 13.5. The van der Waals surface area contributed by atoms with Crippen molar-refractivity contribution in [3.05, 3.63) is 107 Å². The van der Waals surface area contributed by atoms with Gasteiger partial charge in [0.2, 0.25) is 0 Å². The molecule has 0 bridgehead atoms. The van der Waals surface area contributed by atoms with Gasteiger partial charge in [0, 0.05) is 24.4 Å². The number of nitrogens with zero attached hydrogens (tertiary/aromatic N) is 1. The SMILES string of the molecule is C=CCNC(=O)c1ccccc1-n1cc(C(=O)c2ccccc2O)ccc1=O. The predicted molar refractivity (Wildman–Crippen MR) is 106 cm³/mol. The van der Waals surface area contributed by atoms with Crippen LogP contribution in [0, 0.1) is 0 Å². The predicted octanol–water partition coefficient (Wildman–Crippen LogP) is 2.69. The molecule has 0 saturated heterocycles. The van der Waals surface area contributed by atoms with Gasteiger partial charge in [0.25, 0.3) is 11.5 Å². The zero-order chi connectivity index (χ0) is 20.1. The number of amides is 1. The van der Waals surface area contributed by atoms with E-state index < -0.39 is 11.3 Å². The Morgan fingerprint density at radius 2 is 1.68 bits per heavy atom. The second kappa shape index (κ2) is 8.18. The lowest BCUT2D eigenvalue weighted by atomic mass is 10.0. The molecule has 0 aliphatic heterocycles. The summed E-state index contributed by atoms with van der Waals surface area (Å²) >= 11 is 0. The summed E-state index contributed by atoms with van der Waals surface area (Å²) in [5, 5.41) is 12.6. The Kier molecular flexibility index (Phi) is 5.50. The lowest BCUT2D eigenvalue weighted by molar-refractivity contribution is 0.0957. The van der Waals surface area contributed by atoms with Crippen molar-refractivity contribution in [2.75, 3.05) is 6.54 Å². The Bertz CT molecular complexity index is 1120. The van der Waals surface area contributed by atoms with Crippen LogP contribution >= 0.6 is 0 Å². The number of ketones is 1. The molecular weight excluding hydrogens is 356 g/mol. The topological polar surface area (TPSA) is 88.4 Å². The average molecular weight is 374 g/mol. The Labute approximate surface area is 161 Å². The second-order valence-electron chi connectivity index (χ2n) is 5.99. The zero-order valence-corrected chi connectivity index (χ0v) is 15.0. The largest absolute Gasteiger partial charge is 0.507 e. The molecular formula is C22H18N2O4. The molecule has 140 valence electrons. The summed E-state index contributed by atoms with van der Waals surface area (Å²) in [5.74, 6) is -0.935. The first-order valence-corrected chi connectivity index (χ1v) is 8.57. The number of phenols is 1. The molecule has 0 saturated carbocycles. The molecule has 28 heavy (non-hydrogen) atoms. The second-order valence-corrected chi connectivity index (χ2v) is 5.99. The van der Waals surface area contributed by atoms with Crippen LogP contribution < -0.4 is 10.9 Å². The number of phenolic OH excluding ortho intramolecular Hbond substituents is 1. The normalized spacial score (nSPS) is 10.3. The van der Waals surface area contributed by atoms with Crippen LogP contribution in [0.2, 0.25) is 0 Å². The third-order valence-electron chi connectivity index (χ3n) is 4.14. The minimum Gasteiger partial charge on any atom is -0.507 e. The fourth-order valence-electron chi connectivity index (χ4n) is 2.77. The van der Waals surface area contributed by atoms with E-state index in [-0.39, 0.29) is 29.3 Å². The highest BCUT2D eigenvalue weighted by Gasteiger charge is 2.17. The molecule has 2 aromatic carbocycles. The molecule has 6 nitrogen and oxygen atoms in total. The van der Waals surface area contributed by atoms with Crippen molar-refractivity contribution >= 4 is 11.7 Å². The fraction of sp³-hybridized carbons (Fsp3) is 0.0455. The average Bonchev–Trinajstić information content (AvgIpc) is 2.72. The molecule has 3 rings (SSSR count). The maximum Gasteiger partial charge on any atom is 0.255 e. The van der Waals surface area contributed by atoms with E-state index in [0.29, 0.717) is 11.3 Å². The molecule has 6 heteroatoms. The summed E-state index contributed by atoms with van der Waals surface area (Å²) in [6, 6.07) is 15.4. The molecule has 3 aromatic rings. The quantitative estimate of drug-likeness (QED) is 0.513. The number of rotatable bonds is 6. The van der Waals surface area contributed by atoms with Gasteiger partial charge < -0.3 is 10.4 Å². The van der Waals surface area contributed by atoms with Gasteiger partial charge in [-0.15, -0.1) is 6.58 Å². The van der Waals surface area contributed by atoms with Crippen LogP contribution in [-0.2, 0) is 0 Å². The number of hydrogen-bond acceptors (Lipinski definition) is 4. The first kappa shape index (κ1) is 18.8. The highest BCUT2D eigenvalue weighted by Crippen LogP contribution is 2.20. The summed E-state index contributed by atoms with van der Waals surface area (Å²) < 4.78 is 1.25. The standard InChI is InChI=1S/C22H18N2O4/c1-2-13-23-22(28)16-7-3-5-9-18(16)24-14-15(11-12-20(24)26)21(27)17-8-4-6-10-19(17)25/h2-12,14,25H,1,13H2,(H,23,28). The van der Waals surface area contributed by atoms with Crippen LogP contribution in [-0.4, -0.2) is 27.9 Å². The molecule has 0 spiro atoms. The molecule has 0 aliphatic carbocycles. The van der Waals surface area contributed by atoms with Crippen molar-refractivity contribution in [2.45, 2.75) is 0 Å². The number of benzene rings is 2. The third-order valence-corrected chi connectivity index (χ3v) is 4.14. The molecule has 0 atom stereocenters. The van der Waals surface area contributed by atoms with E-state index in [0.717, 1.165) is 0 Å². The lowest BCUT2D eigenvalue weighted by Gasteiger charge is -2.13. The molecule has 0 fully saturated rings. The van der Waals surface area contributed by atoms with Gasteiger partial charge in [-0.05, 0) is 30.3 Å². The van der Waals surface area contributed by atoms with Gasteiger partial charge in [-0.2, -0.15) is 0 Å². The van der Waals surface area contributed by atoms with Crippen LogP contribution in [0.4, 0.5) is 0 Å². The molecule has 0 radical (unpaired) electrons. The van der Waals surface area contributed by atoms with E-state index in [9.17, 15) is 19.5 Å². The summed E-state index contributed by atoms with van der Waals surface area (Å²) in [6.45, 7) is 3.85. The van der Waals surface area contributed by atoms with E-state index in [1.165, 1.54) is 35.0 Å². The van der Waals surface area contributed by atoms with Gasteiger partial charge in [-0.25, -0.2) is 0 Å². The number of pyridine rings is 1. The van der Waals surface area contributed by atoms with E-state index >= 15 is 0 Å². The minimum atomic E-state index is -0.430. The van der Waals surface area contributed by atoms with E-state index in [4.69, 9.17) is 0 Å². The van der Waals surface area contributed by atoms with Gasteiger partial charge in [-0.1, -0.05) is 30.3 Å². The van der Waals surface area contributed by atoms with Crippen LogP contribution in [0.1, 0.15) is 26.3 Å². The first-order valence-electron chi connectivity index (χ1n) is 8.57. The Hall–Kier alpha value is -3.93. The van der Waals surface area contributed by atoms with Gasteiger partial charge in [0.15, 0.2) is 5.78 Å². The number of nitrogens with one attached hydrogen (secondary N) is 1. The number of carbonyl (C=O) groups is 2. The van der Waals surface area contributed by atoms with Crippen LogP contribution in [0.5, 0.6) is 5.75 Å². The van der Waals surface area contributed by atoms with Gasteiger partial charge in [0.1, 0.15) is 5.75 Å². The molecule has 1 aromatic heterocycles. The third kappa shape index (κ3) is 3.76. The monoisotopic (exact) mass is 374 g/mol. The molecule has 1 amide bonds. The number of hydrogen-bond donors (Lipinski definition) is 2. The number of para-hydroxylation sites is 2. The highest BCUT2D eigenvalue weighted by atomic mass is 16.3. The van der Waals surface area contributed by atoms with Crippen molar-refractivity contribution in [3.63, 3.8) is 0 Å². The number of aromatic hydroxyl groups is 1. The van der Waals surface area contributed by atoms with Gasteiger partial charge in [-0.3, -0.25) is 19.0 Å². The maximum absolute atomic E-state index is 12.8. The zero-order valence-electron chi connectivity index (χ0n) is 15.0. The van der Waals surface area contributed by atoms with Crippen LogP contribution in [0.25, 0.3) is 5.69 Å². The van der Waals surface area contributed by atoms with Crippen molar-refractivity contribution in [2.24, 2.45) is 0 Å². The molecule has 0 unspecified atom stereocenters. The Balaban J connectivity index is 2.08. The lowest BCUT2D eigenvalue weighted by Crippen LogP contribution is -2.27. The van der Waals surface area contributed by atoms with E-state index in [1.54, 1.807) is 42.5 Å². The number of aromatic nitrogens is 1. The Morgan fingerprint density at radius 1 is 1.00 bits per heavy atom. The van der Waals surface area contributed by atoms with Gasteiger partial charge >= 0.3 is 0 Å².